The Morgan fingerprint density at radius 1 is 1.06 bits per heavy atom. The minimum atomic E-state index is -3.54. The minimum Gasteiger partial charge on any atom is -0.398 e. The van der Waals surface area contributed by atoms with Crippen LogP contribution < -0.4 is 11.5 Å². The van der Waals surface area contributed by atoms with Gasteiger partial charge in [0, 0.05) is 0 Å². The molecule has 0 bridgehead atoms. The molecule has 1 aliphatic rings. The summed E-state index contributed by atoms with van der Waals surface area (Å²) in [5.41, 5.74) is 12.1. The van der Waals surface area contributed by atoms with Gasteiger partial charge < -0.3 is 11.5 Å². The van der Waals surface area contributed by atoms with E-state index in [1.807, 2.05) is 0 Å². The van der Waals surface area contributed by atoms with Crippen molar-refractivity contribution >= 4 is 15.5 Å². The van der Waals surface area contributed by atoms with Crippen LogP contribution in [0.2, 0.25) is 0 Å². The van der Waals surface area contributed by atoms with E-state index in [-0.39, 0.29) is 10.6 Å². The van der Waals surface area contributed by atoms with Gasteiger partial charge >= 0.3 is 0 Å². The molecule has 0 heterocycles. The van der Waals surface area contributed by atoms with Crippen LogP contribution in [0, 0.1) is 0 Å². The van der Waals surface area contributed by atoms with Crippen LogP contribution in [0.5, 0.6) is 0 Å². The highest BCUT2D eigenvalue weighted by Gasteiger charge is 2.42. The Kier molecular flexibility index (Phi) is 3.14. The van der Waals surface area contributed by atoms with E-state index in [0.29, 0.717) is 12.8 Å². The highest BCUT2D eigenvalue weighted by molar-refractivity contribution is 7.93. The quantitative estimate of drug-likeness (QED) is 0.786. The van der Waals surface area contributed by atoms with E-state index >= 15 is 0 Å². The molecule has 17 heavy (non-hydrogen) atoms. The second kappa shape index (κ2) is 4.31. The maximum absolute atomic E-state index is 12.5. The van der Waals surface area contributed by atoms with E-state index in [0.717, 1.165) is 19.3 Å². The van der Waals surface area contributed by atoms with Gasteiger partial charge in [0.25, 0.3) is 0 Å². The van der Waals surface area contributed by atoms with Gasteiger partial charge in [0.05, 0.1) is 10.6 Å². The Hall–Kier alpha value is -1.07. The highest BCUT2D eigenvalue weighted by atomic mass is 32.2. The SMILES string of the molecule is Nc1ccccc1S(=O)(=O)C1(N)CCCCC1. The number of anilines is 1. The van der Waals surface area contributed by atoms with Crippen molar-refractivity contribution in [2.24, 2.45) is 5.73 Å². The summed E-state index contributed by atoms with van der Waals surface area (Å²) in [6.45, 7) is 0. The van der Waals surface area contributed by atoms with Crippen LogP contribution in [-0.2, 0) is 9.84 Å². The molecular weight excluding hydrogens is 236 g/mol. The molecule has 0 atom stereocenters. The second-order valence-electron chi connectivity index (χ2n) is 4.67. The zero-order valence-electron chi connectivity index (χ0n) is 9.72. The molecular formula is C12H18N2O2S. The highest BCUT2D eigenvalue weighted by Crippen LogP contribution is 2.36. The summed E-state index contributed by atoms with van der Waals surface area (Å²) in [6.07, 6.45) is 3.82. The third-order valence-corrected chi connectivity index (χ3v) is 5.87. The number of rotatable bonds is 2. The van der Waals surface area contributed by atoms with Crippen molar-refractivity contribution in [3.05, 3.63) is 24.3 Å². The largest absolute Gasteiger partial charge is 0.398 e. The summed E-state index contributed by atoms with van der Waals surface area (Å²) < 4.78 is 25.0. The van der Waals surface area contributed by atoms with E-state index in [2.05, 4.69) is 0 Å². The van der Waals surface area contributed by atoms with Gasteiger partial charge in [-0.3, -0.25) is 0 Å². The number of hydrogen-bond donors (Lipinski definition) is 2. The Bertz CT molecular complexity index is 505. The molecule has 4 nitrogen and oxygen atoms in total. The van der Waals surface area contributed by atoms with Gasteiger partial charge in [0.1, 0.15) is 4.87 Å². The molecule has 0 aliphatic heterocycles. The number of nitrogens with two attached hydrogens (primary N) is 2. The van der Waals surface area contributed by atoms with Crippen LogP contribution in [-0.4, -0.2) is 13.3 Å². The summed E-state index contributed by atoms with van der Waals surface area (Å²) in [5, 5.41) is 0. The normalized spacial score (nSPS) is 20.1. The number of hydrogen-bond acceptors (Lipinski definition) is 4. The summed E-state index contributed by atoms with van der Waals surface area (Å²) in [4.78, 5) is -0.967. The maximum atomic E-state index is 12.5. The first-order valence-corrected chi connectivity index (χ1v) is 7.34. The number of nitrogen functional groups attached to an aromatic ring is 1. The maximum Gasteiger partial charge on any atom is 0.198 e. The van der Waals surface area contributed by atoms with Crippen LogP contribution in [0.4, 0.5) is 5.69 Å². The molecule has 1 aromatic rings. The Morgan fingerprint density at radius 2 is 1.65 bits per heavy atom. The van der Waals surface area contributed by atoms with Crippen LogP contribution >= 0.6 is 0 Å². The Balaban J connectivity index is 2.46. The molecule has 0 spiro atoms. The number of benzene rings is 1. The topological polar surface area (TPSA) is 86.2 Å². The van der Waals surface area contributed by atoms with E-state index in [4.69, 9.17) is 11.5 Å². The molecule has 0 saturated heterocycles. The van der Waals surface area contributed by atoms with E-state index in [1.54, 1.807) is 18.2 Å². The Morgan fingerprint density at radius 3 is 2.24 bits per heavy atom. The average molecular weight is 254 g/mol. The molecule has 94 valence electrons. The van der Waals surface area contributed by atoms with Crippen LogP contribution in [0.15, 0.2) is 29.2 Å². The number of sulfone groups is 1. The van der Waals surface area contributed by atoms with Crippen molar-refractivity contribution in [2.45, 2.75) is 41.9 Å². The first-order chi connectivity index (χ1) is 7.97. The van der Waals surface area contributed by atoms with Gasteiger partial charge in [-0.1, -0.05) is 31.4 Å². The molecule has 1 fully saturated rings. The van der Waals surface area contributed by atoms with Gasteiger partial charge in [0.15, 0.2) is 9.84 Å². The molecule has 0 unspecified atom stereocenters. The molecule has 5 heteroatoms. The van der Waals surface area contributed by atoms with Crippen LogP contribution in [0.25, 0.3) is 0 Å². The summed E-state index contributed by atoms with van der Waals surface area (Å²) >= 11 is 0. The molecule has 0 amide bonds. The van der Waals surface area contributed by atoms with Crippen molar-refractivity contribution in [1.82, 2.24) is 0 Å². The third kappa shape index (κ3) is 2.05. The molecule has 1 saturated carbocycles. The zero-order valence-corrected chi connectivity index (χ0v) is 10.5. The lowest BCUT2D eigenvalue weighted by Gasteiger charge is -2.33. The van der Waals surface area contributed by atoms with Crippen LogP contribution in [0.1, 0.15) is 32.1 Å². The van der Waals surface area contributed by atoms with Gasteiger partial charge in [0.2, 0.25) is 0 Å². The third-order valence-electron chi connectivity index (χ3n) is 3.44. The van der Waals surface area contributed by atoms with Gasteiger partial charge in [-0.25, -0.2) is 8.42 Å². The molecule has 2 rings (SSSR count). The standard InChI is InChI=1S/C12H18N2O2S/c13-10-6-2-3-7-11(10)17(15,16)12(14)8-4-1-5-9-12/h2-3,6-7H,1,4-5,8-9,13-14H2. The van der Waals surface area contributed by atoms with Crippen molar-refractivity contribution in [1.29, 1.82) is 0 Å². The zero-order chi connectivity index (χ0) is 12.5. The predicted molar refractivity (Wildman–Crippen MR) is 68.0 cm³/mol. The van der Waals surface area contributed by atoms with Gasteiger partial charge in [-0.15, -0.1) is 0 Å². The lowest BCUT2D eigenvalue weighted by atomic mass is 9.96. The molecule has 0 radical (unpaired) electrons. The lowest BCUT2D eigenvalue weighted by molar-refractivity contribution is 0.381. The lowest BCUT2D eigenvalue weighted by Crippen LogP contribution is -2.49. The molecule has 1 aromatic carbocycles. The molecule has 0 aromatic heterocycles. The fourth-order valence-corrected chi connectivity index (χ4v) is 4.26. The van der Waals surface area contributed by atoms with Crippen molar-refractivity contribution in [3.8, 4) is 0 Å². The van der Waals surface area contributed by atoms with Crippen molar-refractivity contribution in [3.63, 3.8) is 0 Å². The summed E-state index contributed by atoms with van der Waals surface area (Å²) in [5.74, 6) is 0. The minimum absolute atomic E-state index is 0.171. The molecule has 1 aliphatic carbocycles. The van der Waals surface area contributed by atoms with E-state index < -0.39 is 14.7 Å². The van der Waals surface area contributed by atoms with E-state index in [9.17, 15) is 8.42 Å². The summed E-state index contributed by atoms with van der Waals surface area (Å²) in [7, 11) is -3.54. The average Bonchev–Trinajstić information content (AvgIpc) is 2.30. The first kappa shape index (κ1) is 12.4. The van der Waals surface area contributed by atoms with Gasteiger partial charge in [-0.2, -0.15) is 0 Å². The van der Waals surface area contributed by atoms with Gasteiger partial charge in [-0.05, 0) is 25.0 Å². The smallest absolute Gasteiger partial charge is 0.198 e. The predicted octanol–water partition coefficient (Wildman–Crippen LogP) is 1.66. The second-order valence-corrected chi connectivity index (χ2v) is 6.93. The van der Waals surface area contributed by atoms with Crippen LogP contribution in [0.3, 0.4) is 0 Å². The molecule has 4 N–H and O–H groups in total. The monoisotopic (exact) mass is 254 g/mol. The van der Waals surface area contributed by atoms with Crippen molar-refractivity contribution < 1.29 is 8.42 Å². The first-order valence-electron chi connectivity index (χ1n) is 5.85. The summed E-state index contributed by atoms with van der Waals surface area (Å²) in [6, 6.07) is 6.53. The number of para-hydroxylation sites is 1. The van der Waals surface area contributed by atoms with E-state index in [1.165, 1.54) is 6.07 Å². The Labute approximate surface area is 102 Å². The fourth-order valence-electron chi connectivity index (χ4n) is 2.36. The fraction of sp³-hybridized carbons (Fsp3) is 0.500. The van der Waals surface area contributed by atoms with Crippen molar-refractivity contribution in [2.75, 3.05) is 5.73 Å².